The van der Waals surface area contributed by atoms with Crippen LogP contribution in [0.2, 0.25) is 0 Å². The molecule has 1 atom stereocenters. The third-order valence-electron chi connectivity index (χ3n) is 4.24. The van der Waals surface area contributed by atoms with E-state index in [0.717, 1.165) is 17.7 Å². The molecule has 0 fully saturated rings. The Morgan fingerprint density at radius 2 is 1.83 bits per heavy atom. The first-order chi connectivity index (χ1) is 11.6. The van der Waals surface area contributed by atoms with Crippen LogP contribution < -0.4 is 4.74 Å². The van der Waals surface area contributed by atoms with Crippen LogP contribution in [0.5, 0.6) is 5.75 Å². The van der Waals surface area contributed by atoms with E-state index in [9.17, 15) is 8.78 Å². The van der Waals surface area contributed by atoms with E-state index in [1.54, 1.807) is 13.0 Å². The summed E-state index contributed by atoms with van der Waals surface area (Å²) in [4.78, 5) is 0. The topological polar surface area (TPSA) is 18.5 Å². The average molecular weight is 330 g/mol. The Morgan fingerprint density at radius 1 is 1.08 bits per heavy atom. The van der Waals surface area contributed by atoms with Gasteiger partial charge in [0.15, 0.2) is 11.6 Å². The van der Waals surface area contributed by atoms with Gasteiger partial charge >= 0.3 is 0 Å². The van der Waals surface area contributed by atoms with E-state index in [2.05, 4.69) is 6.08 Å². The second-order valence-corrected chi connectivity index (χ2v) is 5.85. The predicted octanol–water partition coefficient (Wildman–Crippen LogP) is 5.44. The minimum Gasteiger partial charge on any atom is -0.498 e. The zero-order valence-electron chi connectivity index (χ0n) is 13.8. The summed E-state index contributed by atoms with van der Waals surface area (Å²) in [5, 5.41) is 0. The summed E-state index contributed by atoms with van der Waals surface area (Å²) in [7, 11) is 0. The number of hydrogen-bond acceptors (Lipinski definition) is 2. The standard InChI is InChI=1S/C20H20F2O2/c1-3-23-18-11-10-17(19(21)20(18)22)15-8-6-14(7-9-15)16-5-4-13(2)24-12-16/h4,6-11,16H,3,5,12H2,1-2H3. The molecule has 0 spiro atoms. The second-order valence-electron chi connectivity index (χ2n) is 5.85. The third-order valence-corrected chi connectivity index (χ3v) is 4.24. The minimum atomic E-state index is -0.945. The van der Waals surface area contributed by atoms with E-state index < -0.39 is 11.6 Å². The van der Waals surface area contributed by atoms with Gasteiger partial charge < -0.3 is 9.47 Å². The van der Waals surface area contributed by atoms with E-state index in [-0.39, 0.29) is 11.3 Å². The van der Waals surface area contributed by atoms with Crippen molar-refractivity contribution in [1.82, 2.24) is 0 Å². The monoisotopic (exact) mass is 330 g/mol. The van der Waals surface area contributed by atoms with Crippen molar-refractivity contribution >= 4 is 0 Å². The molecule has 126 valence electrons. The van der Waals surface area contributed by atoms with Crippen LogP contribution >= 0.6 is 0 Å². The Hall–Kier alpha value is -2.36. The van der Waals surface area contributed by atoms with E-state index in [4.69, 9.17) is 9.47 Å². The maximum Gasteiger partial charge on any atom is 0.201 e. The third kappa shape index (κ3) is 3.28. The number of ether oxygens (including phenoxy) is 2. The van der Waals surface area contributed by atoms with Gasteiger partial charge in [-0.15, -0.1) is 0 Å². The van der Waals surface area contributed by atoms with E-state index in [1.165, 1.54) is 6.07 Å². The van der Waals surface area contributed by atoms with Crippen molar-refractivity contribution in [3.05, 3.63) is 65.4 Å². The first kappa shape index (κ1) is 16.5. The molecule has 1 unspecified atom stereocenters. The number of benzene rings is 2. The highest BCUT2D eigenvalue weighted by Gasteiger charge is 2.18. The molecule has 4 heteroatoms. The molecule has 24 heavy (non-hydrogen) atoms. The number of halogens is 2. The Kier molecular flexibility index (Phi) is 4.84. The van der Waals surface area contributed by atoms with Crippen molar-refractivity contribution < 1.29 is 18.3 Å². The fraction of sp³-hybridized carbons (Fsp3) is 0.300. The Labute approximate surface area is 140 Å². The first-order valence-corrected chi connectivity index (χ1v) is 8.10. The van der Waals surface area contributed by atoms with Crippen LogP contribution in [-0.2, 0) is 4.74 Å². The molecular weight excluding hydrogens is 310 g/mol. The molecule has 0 bridgehead atoms. The number of allylic oxidation sites excluding steroid dienone is 2. The van der Waals surface area contributed by atoms with Gasteiger partial charge in [-0.05, 0) is 49.6 Å². The lowest BCUT2D eigenvalue weighted by atomic mass is 9.93. The van der Waals surface area contributed by atoms with Crippen LogP contribution in [0.15, 0.2) is 48.2 Å². The molecule has 2 aromatic rings. The predicted molar refractivity (Wildman–Crippen MR) is 90.0 cm³/mol. The summed E-state index contributed by atoms with van der Waals surface area (Å²) in [6.45, 7) is 4.62. The maximum absolute atomic E-state index is 14.3. The fourth-order valence-electron chi connectivity index (χ4n) is 2.86. The molecule has 0 amide bonds. The molecule has 0 aliphatic carbocycles. The smallest absolute Gasteiger partial charge is 0.201 e. The van der Waals surface area contributed by atoms with Crippen molar-refractivity contribution in [2.24, 2.45) is 0 Å². The second kappa shape index (κ2) is 7.04. The highest BCUT2D eigenvalue weighted by Crippen LogP contribution is 2.32. The van der Waals surface area contributed by atoms with Crippen LogP contribution in [0.3, 0.4) is 0 Å². The van der Waals surface area contributed by atoms with Crippen LogP contribution in [0.1, 0.15) is 31.7 Å². The van der Waals surface area contributed by atoms with E-state index >= 15 is 0 Å². The summed E-state index contributed by atoms with van der Waals surface area (Å²) in [6.07, 6.45) is 3.00. The van der Waals surface area contributed by atoms with Crippen LogP contribution in [0.4, 0.5) is 8.78 Å². The fourth-order valence-corrected chi connectivity index (χ4v) is 2.86. The Balaban J connectivity index is 1.85. The lowest BCUT2D eigenvalue weighted by molar-refractivity contribution is 0.177. The minimum absolute atomic E-state index is 0.0584. The summed E-state index contributed by atoms with van der Waals surface area (Å²) in [5.74, 6) is -0.635. The van der Waals surface area contributed by atoms with Gasteiger partial charge in [0.05, 0.1) is 19.0 Å². The molecule has 1 aliphatic rings. The van der Waals surface area contributed by atoms with Gasteiger partial charge in [-0.2, -0.15) is 4.39 Å². The van der Waals surface area contributed by atoms with Gasteiger partial charge in [-0.3, -0.25) is 0 Å². The highest BCUT2D eigenvalue weighted by atomic mass is 19.2. The van der Waals surface area contributed by atoms with Gasteiger partial charge in [-0.25, -0.2) is 4.39 Å². The van der Waals surface area contributed by atoms with E-state index in [0.29, 0.717) is 24.7 Å². The van der Waals surface area contributed by atoms with Crippen molar-refractivity contribution in [2.45, 2.75) is 26.2 Å². The molecule has 2 aromatic carbocycles. The zero-order valence-corrected chi connectivity index (χ0v) is 13.8. The van der Waals surface area contributed by atoms with Gasteiger partial charge in [0.1, 0.15) is 0 Å². The molecule has 1 heterocycles. The molecule has 3 rings (SSSR count). The molecule has 0 N–H and O–H groups in total. The van der Waals surface area contributed by atoms with Crippen LogP contribution in [-0.4, -0.2) is 13.2 Å². The molecule has 0 saturated carbocycles. The van der Waals surface area contributed by atoms with Gasteiger partial charge in [0, 0.05) is 11.5 Å². The molecule has 0 radical (unpaired) electrons. The van der Waals surface area contributed by atoms with Crippen molar-refractivity contribution in [3.8, 4) is 16.9 Å². The molecule has 0 saturated heterocycles. The summed E-state index contributed by atoms with van der Waals surface area (Å²) < 4.78 is 39.0. The van der Waals surface area contributed by atoms with Crippen molar-refractivity contribution in [2.75, 3.05) is 13.2 Å². The largest absolute Gasteiger partial charge is 0.498 e. The summed E-state index contributed by atoms with van der Waals surface area (Å²) in [5.41, 5.74) is 2.01. The molecular formula is C20H20F2O2. The quantitative estimate of drug-likeness (QED) is 0.743. The van der Waals surface area contributed by atoms with Crippen LogP contribution in [0, 0.1) is 11.6 Å². The van der Waals surface area contributed by atoms with Crippen LogP contribution in [0.25, 0.3) is 11.1 Å². The number of rotatable bonds is 4. The normalized spacial score (nSPS) is 17.2. The van der Waals surface area contributed by atoms with Crippen molar-refractivity contribution in [1.29, 1.82) is 0 Å². The average Bonchev–Trinajstić information content (AvgIpc) is 2.60. The summed E-state index contributed by atoms with van der Waals surface area (Å²) >= 11 is 0. The maximum atomic E-state index is 14.3. The zero-order chi connectivity index (χ0) is 17.1. The molecule has 1 aliphatic heterocycles. The first-order valence-electron chi connectivity index (χ1n) is 8.10. The lowest BCUT2D eigenvalue weighted by Crippen LogP contribution is -2.11. The van der Waals surface area contributed by atoms with Crippen molar-refractivity contribution in [3.63, 3.8) is 0 Å². The summed E-state index contributed by atoms with van der Waals surface area (Å²) in [6, 6.07) is 10.6. The van der Waals surface area contributed by atoms with Gasteiger partial charge in [0.2, 0.25) is 5.82 Å². The lowest BCUT2D eigenvalue weighted by Gasteiger charge is -2.22. The SMILES string of the molecule is CCOc1ccc(-c2ccc(C3CC=C(C)OC3)cc2)c(F)c1F. The van der Waals surface area contributed by atoms with Gasteiger partial charge in [-0.1, -0.05) is 24.3 Å². The van der Waals surface area contributed by atoms with Gasteiger partial charge in [0.25, 0.3) is 0 Å². The Morgan fingerprint density at radius 3 is 2.46 bits per heavy atom. The Bertz CT molecular complexity index is 751. The molecule has 0 aromatic heterocycles. The highest BCUT2D eigenvalue weighted by molar-refractivity contribution is 5.65. The van der Waals surface area contributed by atoms with E-state index in [1.807, 2.05) is 31.2 Å². The molecule has 2 nitrogen and oxygen atoms in total. The number of hydrogen-bond donors (Lipinski definition) is 0.